The standard InChI is InChI=1S/C27H34ClN3O6/c1-5-35-25(33)23-8-6-7-13-31(23)24(32)19-16-20(28)18-22(17-19)36-15-14-30(21-9-11-29-12-10-21)26(34)37-27(2,3)4/h9-12,16-18,23H,5-8,13-15H2,1-4H3/t23-/m0/s1. The van der Waals surface area contributed by atoms with Crippen LogP contribution in [0.2, 0.25) is 5.02 Å². The van der Waals surface area contributed by atoms with E-state index in [1.165, 1.54) is 4.90 Å². The van der Waals surface area contributed by atoms with Crippen LogP contribution in [0.15, 0.2) is 42.7 Å². The Kier molecular flexibility index (Phi) is 9.74. The average molecular weight is 532 g/mol. The van der Waals surface area contributed by atoms with Crippen LogP contribution in [-0.2, 0) is 14.3 Å². The van der Waals surface area contributed by atoms with Crippen molar-refractivity contribution in [3.05, 3.63) is 53.3 Å². The second-order valence-electron chi connectivity index (χ2n) is 9.62. The maximum atomic E-state index is 13.3. The Morgan fingerprint density at radius 2 is 1.86 bits per heavy atom. The smallest absolute Gasteiger partial charge is 0.414 e. The molecule has 0 radical (unpaired) electrons. The van der Waals surface area contributed by atoms with Crippen molar-refractivity contribution in [2.24, 2.45) is 0 Å². The van der Waals surface area contributed by atoms with Gasteiger partial charge in [-0.05, 0) is 77.3 Å². The molecule has 3 rings (SSSR count). The lowest BCUT2D eigenvalue weighted by molar-refractivity contribution is -0.149. The number of likely N-dealkylation sites (tertiary alicyclic amines) is 1. The van der Waals surface area contributed by atoms with Gasteiger partial charge in [0.2, 0.25) is 0 Å². The van der Waals surface area contributed by atoms with E-state index in [9.17, 15) is 14.4 Å². The molecule has 0 spiro atoms. The van der Waals surface area contributed by atoms with Crippen molar-refractivity contribution >= 4 is 35.3 Å². The molecule has 1 aromatic carbocycles. The molecule has 37 heavy (non-hydrogen) atoms. The van der Waals surface area contributed by atoms with Crippen molar-refractivity contribution in [3.8, 4) is 5.75 Å². The third-order valence-electron chi connectivity index (χ3n) is 5.61. The lowest BCUT2D eigenvalue weighted by atomic mass is 10.0. The highest BCUT2D eigenvalue weighted by Crippen LogP contribution is 2.26. The molecule has 0 aliphatic carbocycles. The van der Waals surface area contributed by atoms with E-state index in [0.717, 1.165) is 12.8 Å². The minimum atomic E-state index is -0.665. The number of carbonyl (C=O) groups excluding carboxylic acids is 3. The molecule has 0 saturated carbocycles. The molecule has 2 heterocycles. The Morgan fingerprint density at radius 3 is 2.54 bits per heavy atom. The van der Waals surface area contributed by atoms with Gasteiger partial charge in [0.25, 0.3) is 5.91 Å². The van der Waals surface area contributed by atoms with Crippen molar-refractivity contribution in [2.75, 3.05) is 31.2 Å². The number of piperidine rings is 1. The van der Waals surface area contributed by atoms with Crippen LogP contribution >= 0.6 is 11.6 Å². The topological polar surface area (TPSA) is 98.3 Å². The molecule has 1 aromatic heterocycles. The molecule has 9 nitrogen and oxygen atoms in total. The summed E-state index contributed by atoms with van der Waals surface area (Å²) in [6, 6.07) is 7.54. The number of pyridine rings is 1. The average Bonchev–Trinajstić information content (AvgIpc) is 2.85. The lowest BCUT2D eigenvalue weighted by Crippen LogP contribution is -2.48. The first-order valence-corrected chi connectivity index (χ1v) is 12.8. The van der Waals surface area contributed by atoms with Crippen molar-refractivity contribution < 1.29 is 28.6 Å². The normalized spacial score (nSPS) is 15.6. The lowest BCUT2D eigenvalue weighted by Gasteiger charge is -2.34. The van der Waals surface area contributed by atoms with Gasteiger partial charge in [-0.25, -0.2) is 9.59 Å². The molecule has 1 atom stereocenters. The largest absolute Gasteiger partial charge is 0.492 e. The van der Waals surface area contributed by atoms with Crippen LogP contribution in [0.25, 0.3) is 0 Å². The predicted octanol–water partition coefficient (Wildman–Crippen LogP) is 5.11. The molecule has 10 heteroatoms. The van der Waals surface area contributed by atoms with Crippen LogP contribution in [0.4, 0.5) is 10.5 Å². The van der Waals surface area contributed by atoms with Crippen LogP contribution in [0.5, 0.6) is 5.75 Å². The summed E-state index contributed by atoms with van der Waals surface area (Å²) in [4.78, 5) is 45.6. The third-order valence-corrected chi connectivity index (χ3v) is 5.83. The van der Waals surface area contributed by atoms with Crippen molar-refractivity contribution in [2.45, 2.75) is 58.6 Å². The molecule has 0 bridgehead atoms. The summed E-state index contributed by atoms with van der Waals surface area (Å²) in [6.45, 7) is 8.15. The van der Waals surface area contributed by atoms with Gasteiger partial charge in [0.1, 0.15) is 24.0 Å². The zero-order chi connectivity index (χ0) is 27.0. The van der Waals surface area contributed by atoms with Crippen molar-refractivity contribution in [3.63, 3.8) is 0 Å². The van der Waals surface area contributed by atoms with E-state index in [1.54, 1.807) is 75.3 Å². The summed E-state index contributed by atoms with van der Waals surface area (Å²) < 4.78 is 16.6. The SMILES string of the molecule is CCOC(=O)[C@@H]1CCCCN1C(=O)c1cc(Cl)cc(OCCN(C(=O)OC(C)(C)C)c2ccncc2)c1. The number of hydrogen-bond donors (Lipinski definition) is 0. The summed E-state index contributed by atoms with van der Waals surface area (Å²) >= 11 is 6.31. The summed E-state index contributed by atoms with van der Waals surface area (Å²) in [5.41, 5.74) is 0.267. The molecule has 200 valence electrons. The highest BCUT2D eigenvalue weighted by molar-refractivity contribution is 6.31. The van der Waals surface area contributed by atoms with Gasteiger partial charge in [-0.1, -0.05) is 11.6 Å². The summed E-state index contributed by atoms with van der Waals surface area (Å²) in [7, 11) is 0. The number of aromatic nitrogens is 1. The fraction of sp³-hybridized carbons (Fsp3) is 0.481. The Balaban J connectivity index is 1.72. The summed E-state index contributed by atoms with van der Waals surface area (Å²) in [5, 5.41) is 0.323. The van der Waals surface area contributed by atoms with Crippen LogP contribution in [0.3, 0.4) is 0 Å². The quantitative estimate of drug-likeness (QED) is 0.436. The highest BCUT2D eigenvalue weighted by Gasteiger charge is 2.34. The Hall–Kier alpha value is -3.33. The number of ether oxygens (including phenoxy) is 3. The fourth-order valence-corrected chi connectivity index (χ4v) is 4.24. The first kappa shape index (κ1) is 28.2. The maximum Gasteiger partial charge on any atom is 0.414 e. The number of rotatable bonds is 8. The van der Waals surface area contributed by atoms with Crippen molar-refractivity contribution in [1.82, 2.24) is 9.88 Å². The van der Waals surface area contributed by atoms with Crippen LogP contribution in [0.1, 0.15) is 57.3 Å². The molecule has 1 fully saturated rings. The van der Waals surface area contributed by atoms with Crippen LogP contribution in [-0.4, -0.2) is 65.8 Å². The Morgan fingerprint density at radius 1 is 1.14 bits per heavy atom. The minimum absolute atomic E-state index is 0.116. The van der Waals surface area contributed by atoms with E-state index in [1.807, 2.05) is 0 Å². The number of amides is 2. The number of hydrogen-bond acceptors (Lipinski definition) is 7. The maximum absolute atomic E-state index is 13.3. The van der Waals surface area contributed by atoms with Crippen LogP contribution < -0.4 is 9.64 Å². The molecular weight excluding hydrogens is 498 g/mol. The second kappa shape index (κ2) is 12.8. The van der Waals surface area contributed by atoms with Gasteiger partial charge in [-0.2, -0.15) is 0 Å². The van der Waals surface area contributed by atoms with Gasteiger partial charge >= 0.3 is 12.1 Å². The third kappa shape index (κ3) is 8.08. The molecular formula is C27H34ClN3O6. The van der Waals surface area contributed by atoms with E-state index < -0.39 is 23.7 Å². The van der Waals surface area contributed by atoms with Crippen molar-refractivity contribution in [1.29, 1.82) is 0 Å². The van der Waals surface area contributed by atoms with Gasteiger partial charge < -0.3 is 19.1 Å². The van der Waals surface area contributed by atoms with Gasteiger partial charge in [0.05, 0.1) is 18.8 Å². The highest BCUT2D eigenvalue weighted by atomic mass is 35.5. The fourth-order valence-electron chi connectivity index (χ4n) is 4.02. The number of esters is 1. The van der Waals surface area contributed by atoms with E-state index in [2.05, 4.69) is 4.98 Å². The number of benzene rings is 1. The molecule has 2 amide bonds. The number of anilines is 1. The second-order valence-corrected chi connectivity index (χ2v) is 10.1. The monoisotopic (exact) mass is 531 g/mol. The first-order chi connectivity index (χ1) is 17.6. The van der Waals surface area contributed by atoms with Gasteiger partial charge in [0, 0.05) is 29.5 Å². The number of halogens is 1. The molecule has 1 aliphatic rings. The van der Waals surface area contributed by atoms with E-state index >= 15 is 0 Å². The molecule has 2 aromatic rings. The first-order valence-electron chi connectivity index (χ1n) is 12.4. The van der Waals surface area contributed by atoms with Gasteiger partial charge in [-0.15, -0.1) is 0 Å². The zero-order valence-corrected chi connectivity index (χ0v) is 22.5. The predicted molar refractivity (Wildman–Crippen MR) is 140 cm³/mol. The van der Waals surface area contributed by atoms with E-state index in [0.29, 0.717) is 35.0 Å². The molecule has 0 N–H and O–H groups in total. The molecule has 1 saturated heterocycles. The Labute approximate surface area is 222 Å². The number of nitrogens with zero attached hydrogens (tertiary/aromatic N) is 3. The van der Waals surface area contributed by atoms with E-state index in [-0.39, 0.29) is 25.7 Å². The number of carbonyl (C=O) groups is 3. The van der Waals surface area contributed by atoms with Gasteiger partial charge in [0.15, 0.2) is 0 Å². The van der Waals surface area contributed by atoms with E-state index in [4.69, 9.17) is 25.8 Å². The summed E-state index contributed by atoms with van der Waals surface area (Å²) in [6.07, 6.45) is 4.88. The Bertz CT molecular complexity index is 1090. The zero-order valence-electron chi connectivity index (χ0n) is 21.7. The van der Waals surface area contributed by atoms with Crippen LogP contribution in [0, 0.1) is 0 Å². The molecule has 0 unspecified atom stereocenters. The molecule has 1 aliphatic heterocycles. The minimum Gasteiger partial charge on any atom is -0.492 e. The van der Waals surface area contributed by atoms with Gasteiger partial charge in [-0.3, -0.25) is 14.7 Å². The summed E-state index contributed by atoms with van der Waals surface area (Å²) in [5.74, 6) is -0.330.